The summed E-state index contributed by atoms with van der Waals surface area (Å²) in [6.45, 7) is 2.13. The zero-order chi connectivity index (χ0) is 12.5. The highest BCUT2D eigenvalue weighted by Crippen LogP contribution is 2.21. The second kappa shape index (κ2) is 4.26. The molecule has 0 radical (unpaired) electrons. The van der Waals surface area contributed by atoms with Crippen LogP contribution in [0.3, 0.4) is 0 Å². The van der Waals surface area contributed by atoms with Gasteiger partial charge in [0.15, 0.2) is 0 Å². The molecule has 0 aliphatic carbocycles. The Morgan fingerprint density at radius 2 is 1.83 bits per heavy atom. The number of nitrogens with zero attached hydrogens (tertiary/aromatic N) is 2. The molecule has 0 amide bonds. The van der Waals surface area contributed by atoms with Crippen LogP contribution in [0.5, 0.6) is 0 Å². The molecular formula is C15H15N3. The molecule has 0 saturated carbocycles. The zero-order valence-corrected chi connectivity index (χ0v) is 10.3. The van der Waals surface area contributed by atoms with Gasteiger partial charge in [0.1, 0.15) is 5.84 Å². The Balaban J connectivity index is 2.09. The fourth-order valence-corrected chi connectivity index (χ4v) is 2.36. The van der Waals surface area contributed by atoms with Gasteiger partial charge in [-0.1, -0.05) is 43.3 Å². The van der Waals surface area contributed by atoms with Gasteiger partial charge in [-0.05, 0) is 22.4 Å². The Kier molecular flexibility index (Phi) is 2.59. The van der Waals surface area contributed by atoms with Gasteiger partial charge in [0, 0.05) is 12.3 Å². The second-order valence-electron chi connectivity index (χ2n) is 4.74. The smallest absolute Gasteiger partial charge is 0.123 e. The third-order valence-corrected chi connectivity index (χ3v) is 3.31. The molecule has 0 saturated heterocycles. The van der Waals surface area contributed by atoms with Crippen LogP contribution in [0.2, 0.25) is 0 Å². The van der Waals surface area contributed by atoms with Crippen LogP contribution in [-0.2, 0) is 0 Å². The van der Waals surface area contributed by atoms with E-state index in [-0.39, 0.29) is 0 Å². The van der Waals surface area contributed by atoms with Crippen molar-refractivity contribution in [3.05, 3.63) is 48.0 Å². The first-order chi connectivity index (χ1) is 8.74. The Morgan fingerprint density at radius 1 is 1.06 bits per heavy atom. The van der Waals surface area contributed by atoms with Crippen molar-refractivity contribution in [1.82, 2.24) is 0 Å². The van der Waals surface area contributed by atoms with Crippen LogP contribution in [0.15, 0.2) is 52.7 Å². The maximum Gasteiger partial charge on any atom is 0.123 e. The minimum Gasteiger partial charge on any atom is -0.386 e. The van der Waals surface area contributed by atoms with Crippen molar-refractivity contribution < 1.29 is 0 Å². The van der Waals surface area contributed by atoms with E-state index < -0.39 is 0 Å². The summed E-state index contributed by atoms with van der Waals surface area (Å²) in [6.07, 6.45) is 0.783. The normalized spacial score (nSPS) is 19.5. The summed E-state index contributed by atoms with van der Waals surface area (Å²) >= 11 is 0. The molecule has 0 bridgehead atoms. The van der Waals surface area contributed by atoms with Crippen molar-refractivity contribution in [2.24, 2.45) is 21.9 Å². The maximum absolute atomic E-state index is 5.70. The zero-order valence-electron chi connectivity index (χ0n) is 10.3. The van der Waals surface area contributed by atoms with Gasteiger partial charge in [-0.3, -0.25) is 0 Å². The molecule has 3 rings (SSSR count). The molecule has 1 aliphatic heterocycles. The van der Waals surface area contributed by atoms with E-state index in [2.05, 4.69) is 47.5 Å². The number of hydrogen-bond acceptors (Lipinski definition) is 3. The fraction of sp³-hybridized carbons (Fsp3) is 0.200. The average molecular weight is 237 g/mol. The molecule has 2 aromatic rings. The predicted molar refractivity (Wildman–Crippen MR) is 75.9 cm³/mol. The predicted octanol–water partition coefficient (Wildman–Crippen LogP) is 2.94. The Morgan fingerprint density at radius 3 is 2.61 bits per heavy atom. The Labute approximate surface area is 106 Å². The number of amidine groups is 1. The quantitative estimate of drug-likeness (QED) is 0.814. The SMILES string of the molecule is CC1CC(N)=NN=C1c1ccc2ccccc2c1. The van der Waals surface area contributed by atoms with Crippen molar-refractivity contribution in [3.63, 3.8) is 0 Å². The van der Waals surface area contributed by atoms with Gasteiger partial charge >= 0.3 is 0 Å². The topological polar surface area (TPSA) is 50.7 Å². The molecule has 3 nitrogen and oxygen atoms in total. The molecular weight excluding hydrogens is 222 g/mol. The third-order valence-electron chi connectivity index (χ3n) is 3.31. The van der Waals surface area contributed by atoms with Crippen LogP contribution in [0.4, 0.5) is 0 Å². The van der Waals surface area contributed by atoms with Gasteiger partial charge in [0.25, 0.3) is 0 Å². The molecule has 1 atom stereocenters. The van der Waals surface area contributed by atoms with Crippen LogP contribution < -0.4 is 5.73 Å². The van der Waals surface area contributed by atoms with Crippen LogP contribution >= 0.6 is 0 Å². The van der Waals surface area contributed by atoms with Crippen molar-refractivity contribution in [3.8, 4) is 0 Å². The van der Waals surface area contributed by atoms with E-state index in [0.717, 1.165) is 17.7 Å². The first-order valence-electron chi connectivity index (χ1n) is 6.13. The highest BCUT2D eigenvalue weighted by atomic mass is 15.2. The van der Waals surface area contributed by atoms with E-state index >= 15 is 0 Å². The molecule has 1 unspecified atom stereocenters. The minimum absolute atomic E-state index is 0.323. The molecule has 3 heteroatoms. The second-order valence-corrected chi connectivity index (χ2v) is 4.74. The van der Waals surface area contributed by atoms with E-state index in [1.807, 2.05) is 12.1 Å². The van der Waals surface area contributed by atoms with Crippen molar-refractivity contribution in [2.45, 2.75) is 13.3 Å². The van der Waals surface area contributed by atoms with Crippen LogP contribution in [-0.4, -0.2) is 11.5 Å². The van der Waals surface area contributed by atoms with Crippen molar-refractivity contribution in [1.29, 1.82) is 0 Å². The highest BCUT2D eigenvalue weighted by Gasteiger charge is 2.18. The molecule has 0 aromatic heterocycles. The van der Waals surface area contributed by atoms with E-state index in [9.17, 15) is 0 Å². The molecule has 18 heavy (non-hydrogen) atoms. The van der Waals surface area contributed by atoms with Gasteiger partial charge in [-0.25, -0.2) is 0 Å². The lowest BCUT2D eigenvalue weighted by Gasteiger charge is -2.17. The van der Waals surface area contributed by atoms with Crippen LogP contribution in [0.25, 0.3) is 10.8 Å². The summed E-state index contributed by atoms with van der Waals surface area (Å²) in [5.74, 6) is 0.940. The van der Waals surface area contributed by atoms with E-state index in [1.54, 1.807) is 0 Å². The molecule has 2 N–H and O–H groups in total. The summed E-state index contributed by atoms with van der Waals surface area (Å²) in [5.41, 5.74) is 7.86. The Hall–Kier alpha value is -2.16. The first-order valence-corrected chi connectivity index (χ1v) is 6.13. The standard InChI is InChI=1S/C15H15N3/c1-10-8-14(16)17-18-15(10)13-7-6-11-4-2-3-5-12(11)9-13/h2-7,9-10H,8H2,1H3,(H2,16,17). The van der Waals surface area contributed by atoms with Crippen LogP contribution in [0, 0.1) is 5.92 Å². The van der Waals surface area contributed by atoms with Gasteiger partial charge < -0.3 is 5.73 Å². The molecule has 1 heterocycles. The lowest BCUT2D eigenvalue weighted by molar-refractivity contribution is 0.784. The van der Waals surface area contributed by atoms with E-state index in [4.69, 9.17) is 5.73 Å². The largest absolute Gasteiger partial charge is 0.386 e. The van der Waals surface area contributed by atoms with Gasteiger partial charge in [0.05, 0.1) is 5.71 Å². The van der Waals surface area contributed by atoms with Gasteiger partial charge in [-0.15, -0.1) is 5.10 Å². The molecule has 0 fully saturated rings. The summed E-state index contributed by atoms with van der Waals surface area (Å²) in [7, 11) is 0. The van der Waals surface area contributed by atoms with Crippen molar-refractivity contribution >= 4 is 22.3 Å². The lowest BCUT2D eigenvalue weighted by atomic mass is 9.93. The molecule has 1 aliphatic rings. The van der Waals surface area contributed by atoms with Crippen LogP contribution in [0.1, 0.15) is 18.9 Å². The van der Waals surface area contributed by atoms with E-state index in [0.29, 0.717) is 11.8 Å². The van der Waals surface area contributed by atoms with Gasteiger partial charge in [-0.2, -0.15) is 5.10 Å². The Bertz CT molecular complexity index is 656. The van der Waals surface area contributed by atoms with Gasteiger partial charge in [0.2, 0.25) is 0 Å². The number of rotatable bonds is 1. The summed E-state index contributed by atoms with van der Waals surface area (Å²) in [4.78, 5) is 0. The summed E-state index contributed by atoms with van der Waals surface area (Å²) in [6, 6.07) is 14.7. The molecule has 2 aromatic carbocycles. The maximum atomic E-state index is 5.70. The number of hydrogen-bond donors (Lipinski definition) is 1. The number of fused-ring (bicyclic) bond motifs is 1. The number of nitrogens with two attached hydrogens (primary N) is 1. The monoisotopic (exact) mass is 237 g/mol. The fourth-order valence-electron chi connectivity index (χ4n) is 2.36. The molecule has 0 spiro atoms. The average Bonchev–Trinajstić information content (AvgIpc) is 2.38. The van der Waals surface area contributed by atoms with Crippen molar-refractivity contribution in [2.75, 3.05) is 0 Å². The lowest BCUT2D eigenvalue weighted by Crippen LogP contribution is -2.25. The summed E-state index contributed by atoms with van der Waals surface area (Å²) < 4.78 is 0. The number of benzene rings is 2. The van der Waals surface area contributed by atoms with E-state index in [1.165, 1.54) is 10.8 Å². The summed E-state index contributed by atoms with van der Waals surface area (Å²) in [5, 5.41) is 10.7. The first kappa shape index (κ1) is 11.0. The molecule has 90 valence electrons. The highest BCUT2D eigenvalue weighted by molar-refractivity contribution is 6.07. The minimum atomic E-state index is 0.323. The third kappa shape index (κ3) is 1.88.